The second-order valence-electron chi connectivity index (χ2n) is 5.70. The van der Waals surface area contributed by atoms with Crippen LogP contribution in [0.4, 0.5) is 4.79 Å². The second kappa shape index (κ2) is 4.02. The molecule has 0 fully saturated rings. The van der Waals surface area contributed by atoms with Crippen LogP contribution in [0, 0.1) is 6.92 Å². The molecular formula is C15H19N3O. The predicted octanol–water partition coefficient (Wildman–Crippen LogP) is 2.70. The van der Waals surface area contributed by atoms with Crippen LogP contribution < -0.4 is 11.1 Å². The normalized spacial score (nSPS) is 22.2. The maximum Gasteiger partial charge on any atom is 0.312 e. The molecule has 1 atom stereocenters. The highest BCUT2D eigenvalue weighted by molar-refractivity contribution is 5.86. The van der Waals surface area contributed by atoms with Crippen LogP contribution in [-0.4, -0.2) is 11.0 Å². The van der Waals surface area contributed by atoms with Crippen molar-refractivity contribution in [2.75, 3.05) is 0 Å². The summed E-state index contributed by atoms with van der Waals surface area (Å²) in [6, 6.07) is 5.95. The fraction of sp³-hybridized carbons (Fsp3) is 0.400. The van der Waals surface area contributed by atoms with Crippen LogP contribution in [0.1, 0.15) is 36.6 Å². The standard InChI is InChI=1S/C15H19N3O/c1-9-5-6-12-11(8-9)10-4-3-7-15(2,13(10)17-12)18-14(16)19/h5-6,8,17H,3-4,7H2,1-2H3,(H3,16,18,19)/t15-/m1/s1. The molecule has 1 aliphatic rings. The van der Waals surface area contributed by atoms with E-state index in [9.17, 15) is 4.79 Å². The summed E-state index contributed by atoms with van der Waals surface area (Å²) < 4.78 is 0. The molecular weight excluding hydrogens is 238 g/mol. The van der Waals surface area contributed by atoms with Crippen molar-refractivity contribution in [3.05, 3.63) is 35.0 Å². The average Bonchev–Trinajstić information content (AvgIpc) is 2.68. The van der Waals surface area contributed by atoms with Crippen LogP contribution in [-0.2, 0) is 12.0 Å². The molecule has 4 N–H and O–H groups in total. The minimum absolute atomic E-state index is 0.383. The molecule has 1 aromatic heterocycles. The molecule has 3 rings (SSSR count). The Hall–Kier alpha value is -1.97. The molecule has 0 spiro atoms. The van der Waals surface area contributed by atoms with Crippen LogP contribution in [0.2, 0.25) is 0 Å². The summed E-state index contributed by atoms with van der Waals surface area (Å²) in [4.78, 5) is 14.7. The maximum atomic E-state index is 11.2. The monoisotopic (exact) mass is 257 g/mol. The summed E-state index contributed by atoms with van der Waals surface area (Å²) in [7, 11) is 0. The number of hydrogen-bond acceptors (Lipinski definition) is 1. The Morgan fingerprint density at radius 1 is 1.47 bits per heavy atom. The summed E-state index contributed by atoms with van der Waals surface area (Å²) in [5.41, 5.74) is 9.76. The summed E-state index contributed by atoms with van der Waals surface area (Å²) in [6.07, 6.45) is 3.02. The molecule has 19 heavy (non-hydrogen) atoms. The van der Waals surface area contributed by atoms with Gasteiger partial charge in [0.1, 0.15) is 0 Å². The molecule has 0 saturated heterocycles. The smallest absolute Gasteiger partial charge is 0.312 e. The van der Waals surface area contributed by atoms with Gasteiger partial charge in [0.15, 0.2) is 0 Å². The minimum atomic E-state index is -0.467. The number of aromatic nitrogens is 1. The van der Waals surface area contributed by atoms with E-state index >= 15 is 0 Å². The molecule has 2 aromatic rings. The van der Waals surface area contributed by atoms with Gasteiger partial charge in [-0.25, -0.2) is 4.79 Å². The maximum absolute atomic E-state index is 11.2. The number of primary amides is 1. The first kappa shape index (κ1) is 12.1. The van der Waals surface area contributed by atoms with Gasteiger partial charge in [-0.15, -0.1) is 0 Å². The number of amides is 2. The number of nitrogens with one attached hydrogen (secondary N) is 2. The Morgan fingerprint density at radius 3 is 3.00 bits per heavy atom. The molecule has 100 valence electrons. The second-order valence-corrected chi connectivity index (χ2v) is 5.70. The molecule has 1 aromatic carbocycles. The third-order valence-corrected chi connectivity index (χ3v) is 4.12. The van der Waals surface area contributed by atoms with Crippen LogP contribution in [0.25, 0.3) is 10.9 Å². The van der Waals surface area contributed by atoms with Gasteiger partial charge >= 0.3 is 6.03 Å². The number of nitrogens with two attached hydrogens (primary N) is 1. The highest BCUT2D eigenvalue weighted by Crippen LogP contribution is 2.38. The summed E-state index contributed by atoms with van der Waals surface area (Å²) in [6.45, 7) is 4.14. The summed E-state index contributed by atoms with van der Waals surface area (Å²) >= 11 is 0. The molecule has 0 saturated carbocycles. The van der Waals surface area contributed by atoms with Gasteiger partial charge in [-0.2, -0.15) is 0 Å². The Labute approximate surface area is 112 Å². The molecule has 2 amide bonds. The molecule has 1 aliphatic carbocycles. The third kappa shape index (κ3) is 1.87. The van der Waals surface area contributed by atoms with Crippen molar-refractivity contribution in [3.63, 3.8) is 0 Å². The number of benzene rings is 1. The molecule has 4 nitrogen and oxygen atoms in total. The first-order valence-electron chi connectivity index (χ1n) is 6.69. The zero-order valence-corrected chi connectivity index (χ0v) is 11.3. The van der Waals surface area contributed by atoms with Gasteiger partial charge in [0.05, 0.1) is 5.54 Å². The number of rotatable bonds is 1. The minimum Gasteiger partial charge on any atom is -0.356 e. The van der Waals surface area contributed by atoms with E-state index in [0.717, 1.165) is 30.5 Å². The lowest BCUT2D eigenvalue weighted by atomic mass is 9.81. The fourth-order valence-corrected chi connectivity index (χ4v) is 3.23. The van der Waals surface area contributed by atoms with E-state index in [1.54, 1.807) is 0 Å². The zero-order chi connectivity index (χ0) is 13.6. The molecule has 0 unspecified atom stereocenters. The lowest BCUT2D eigenvalue weighted by Crippen LogP contribution is -2.48. The van der Waals surface area contributed by atoms with Crippen LogP contribution >= 0.6 is 0 Å². The van der Waals surface area contributed by atoms with Crippen molar-refractivity contribution in [1.29, 1.82) is 0 Å². The van der Waals surface area contributed by atoms with Gasteiger partial charge in [-0.05, 0) is 50.8 Å². The quantitative estimate of drug-likeness (QED) is 0.722. The van der Waals surface area contributed by atoms with Crippen molar-refractivity contribution in [2.24, 2.45) is 5.73 Å². The Bertz CT molecular complexity index is 659. The van der Waals surface area contributed by atoms with Gasteiger partial charge in [-0.1, -0.05) is 11.6 Å². The van der Waals surface area contributed by atoms with Crippen molar-refractivity contribution in [3.8, 4) is 0 Å². The van der Waals surface area contributed by atoms with Crippen LogP contribution in [0.5, 0.6) is 0 Å². The lowest BCUT2D eigenvalue weighted by Gasteiger charge is -2.34. The number of carbonyl (C=O) groups is 1. The summed E-state index contributed by atoms with van der Waals surface area (Å²) in [5.74, 6) is 0. The predicted molar refractivity (Wildman–Crippen MR) is 76.0 cm³/mol. The first-order chi connectivity index (χ1) is 8.99. The highest BCUT2D eigenvalue weighted by Gasteiger charge is 2.35. The SMILES string of the molecule is Cc1ccc2[nH]c3c(c2c1)CCC[C@@]3(C)NC(N)=O. The van der Waals surface area contributed by atoms with E-state index in [4.69, 9.17) is 5.73 Å². The molecule has 0 radical (unpaired) electrons. The molecule has 1 heterocycles. The Morgan fingerprint density at radius 2 is 2.26 bits per heavy atom. The Kier molecular flexibility index (Phi) is 2.55. The van der Waals surface area contributed by atoms with Crippen LogP contribution in [0.15, 0.2) is 18.2 Å². The van der Waals surface area contributed by atoms with E-state index < -0.39 is 6.03 Å². The van der Waals surface area contributed by atoms with Gasteiger partial charge in [0.25, 0.3) is 0 Å². The van der Waals surface area contributed by atoms with E-state index in [2.05, 4.69) is 35.4 Å². The number of aryl methyl sites for hydroxylation is 2. The largest absolute Gasteiger partial charge is 0.356 e. The molecule has 0 bridgehead atoms. The molecule has 4 heteroatoms. The van der Waals surface area contributed by atoms with Crippen molar-refractivity contribution >= 4 is 16.9 Å². The Balaban J connectivity index is 2.20. The number of H-pyrrole nitrogens is 1. The summed E-state index contributed by atoms with van der Waals surface area (Å²) in [5, 5.41) is 4.17. The van der Waals surface area contributed by atoms with Crippen molar-refractivity contribution < 1.29 is 4.79 Å². The van der Waals surface area contributed by atoms with E-state index in [0.29, 0.717) is 0 Å². The number of carbonyl (C=O) groups excluding carboxylic acids is 1. The highest BCUT2D eigenvalue weighted by atomic mass is 16.2. The number of hydrogen-bond donors (Lipinski definition) is 3. The van der Waals surface area contributed by atoms with Gasteiger partial charge in [0.2, 0.25) is 0 Å². The molecule has 0 aliphatic heterocycles. The number of fused-ring (bicyclic) bond motifs is 3. The van der Waals surface area contributed by atoms with E-state index in [-0.39, 0.29) is 5.54 Å². The van der Waals surface area contributed by atoms with Gasteiger partial charge in [-0.3, -0.25) is 0 Å². The fourth-order valence-electron chi connectivity index (χ4n) is 3.23. The third-order valence-electron chi connectivity index (χ3n) is 4.12. The average molecular weight is 257 g/mol. The number of aromatic amines is 1. The van der Waals surface area contributed by atoms with Crippen LogP contribution in [0.3, 0.4) is 0 Å². The first-order valence-corrected chi connectivity index (χ1v) is 6.69. The van der Waals surface area contributed by atoms with Gasteiger partial charge in [0, 0.05) is 16.6 Å². The van der Waals surface area contributed by atoms with E-state index in [1.807, 2.05) is 6.92 Å². The lowest BCUT2D eigenvalue weighted by molar-refractivity contribution is 0.229. The van der Waals surface area contributed by atoms with Gasteiger partial charge < -0.3 is 16.0 Å². The number of urea groups is 1. The van der Waals surface area contributed by atoms with Crippen molar-refractivity contribution in [1.82, 2.24) is 10.3 Å². The topological polar surface area (TPSA) is 70.9 Å². The zero-order valence-electron chi connectivity index (χ0n) is 11.3. The van der Waals surface area contributed by atoms with Crippen molar-refractivity contribution in [2.45, 2.75) is 38.6 Å². The van der Waals surface area contributed by atoms with E-state index in [1.165, 1.54) is 16.5 Å².